The van der Waals surface area contributed by atoms with E-state index in [1.54, 1.807) is 0 Å². The van der Waals surface area contributed by atoms with E-state index < -0.39 is 0 Å². The van der Waals surface area contributed by atoms with Crippen molar-refractivity contribution < 1.29 is 4.74 Å². The summed E-state index contributed by atoms with van der Waals surface area (Å²) >= 11 is 0. The molecule has 1 saturated heterocycles. The lowest BCUT2D eigenvalue weighted by atomic mass is 10.1. The molecule has 2 aromatic carbocycles. The van der Waals surface area contributed by atoms with Crippen LogP contribution in [0.25, 0.3) is 0 Å². The van der Waals surface area contributed by atoms with Gasteiger partial charge in [0.15, 0.2) is 0 Å². The van der Waals surface area contributed by atoms with Crippen molar-refractivity contribution in [3.8, 4) is 5.75 Å². The van der Waals surface area contributed by atoms with Gasteiger partial charge in [-0.15, -0.1) is 24.8 Å². The van der Waals surface area contributed by atoms with Crippen LogP contribution >= 0.6 is 24.8 Å². The summed E-state index contributed by atoms with van der Waals surface area (Å²) in [7, 11) is 0. The highest BCUT2D eigenvalue weighted by atomic mass is 35.5. The summed E-state index contributed by atoms with van der Waals surface area (Å²) in [6, 6.07) is 17.1. The molecule has 1 aliphatic heterocycles. The van der Waals surface area contributed by atoms with Crippen LogP contribution in [0.2, 0.25) is 0 Å². The monoisotopic (exact) mass is 396 g/mol. The maximum absolute atomic E-state index is 6.04. The van der Waals surface area contributed by atoms with Crippen molar-refractivity contribution in [1.29, 1.82) is 0 Å². The number of rotatable bonds is 6. The number of para-hydroxylation sites is 1. The van der Waals surface area contributed by atoms with Crippen molar-refractivity contribution >= 4 is 24.8 Å². The van der Waals surface area contributed by atoms with E-state index in [0.29, 0.717) is 0 Å². The third kappa shape index (κ3) is 6.48. The van der Waals surface area contributed by atoms with Gasteiger partial charge < -0.3 is 4.74 Å². The first-order valence-corrected chi connectivity index (χ1v) is 8.90. The van der Waals surface area contributed by atoms with Gasteiger partial charge in [-0.1, -0.05) is 48.5 Å². The molecule has 0 radical (unpaired) electrons. The summed E-state index contributed by atoms with van der Waals surface area (Å²) in [6.45, 7) is 11.6. The predicted molar refractivity (Wildman–Crippen MR) is 114 cm³/mol. The van der Waals surface area contributed by atoms with Crippen LogP contribution in [-0.4, -0.2) is 49.1 Å². The Labute approximate surface area is 170 Å². The normalized spacial score (nSPS) is 15.0. The van der Waals surface area contributed by atoms with E-state index in [-0.39, 0.29) is 24.8 Å². The molecule has 0 atom stereocenters. The molecular formula is C21H30Cl2N2O. The molecule has 2 aromatic rings. The van der Waals surface area contributed by atoms with Gasteiger partial charge in [-0.05, 0) is 30.5 Å². The van der Waals surface area contributed by atoms with Crippen molar-refractivity contribution in [3.63, 3.8) is 0 Å². The minimum Gasteiger partial charge on any atom is -0.492 e. The molecule has 26 heavy (non-hydrogen) atoms. The van der Waals surface area contributed by atoms with E-state index in [0.717, 1.165) is 51.6 Å². The summed E-state index contributed by atoms with van der Waals surface area (Å²) in [6.07, 6.45) is 0. The molecule has 0 unspecified atom stereocenters. The fourth-order valence-electron chi connectivity index (χ4n) is 3.32. The van der Waals surface area contributed by atoms with E-state index in [1.807, 2.05) is 0 Å². The van der Waals surface area contributed by atoms with Crippen LogP contribution in [-0.2, 0) is 6.54 Å². The lowest BCUT2D eigenvalue weighted by Gasteiger charge is -2.34. The predicted octanol–water partition coefficient (Wildman–Crippen LogP) is 4.34. The Morgan fingerprint density at radius 3 is 1.96 bits per heavy atom. The second-order valence-electron chi connectivity index (χ2n) is 6.67. The molecular weight excluding hydrogens is 367 g/mol. The first-order valence-electron chi connectivity index (χ1n) is 8.90. The molecule has 0 aromatic heterocycles. The molecule has 0 aliphatic carbocycles. The van der Waals surface area contributed by atoms with Gasteiger partial charge in [-0.25, -0.2) is 0 Å². The van der Waals surface area contributed by atoms with E-state index in [2.05, 4.69) is 72.2 Å². The molecule has 5 heteroatoms. The van der Waals surface area contributed by atoms with Gasteiger partial charge in [0.2, 0.25) is 0 Å². The second-order valence-corrected chi connectivity index (χ2v) is 6.67. The number of ether oxygens (including phenoxy) is 1. The van der Waals surface area contributed by atoms with Crippen LogP contribution in [0.4, 0.5) is 0 Å². The van der Waals surface area contributed by atoms with Gasteiger partial charge >= 0.3 is 0 Å². The Kier molecular flexibility index (Phi) is 10.0. The molecule has 0 N–H and O–H groups in total. The average Bonchev–Trinajstić information content (AvgIpc) is 2.60. The SMILES string of the molecule is Cc1cccc(C)c1OCCN1CCN(Cc2ccccc2)CC1.Cl.Cl. The molecule has 0 saturated carbocycles. The van der Waals surface area contributed by atoms with E-state index in [1.165, 1.54) is 16.7 Å². The number of hydrogen-bond donors (Lipinski definition) is 0. The van der Waals surface area contributed by atoms with Crippen LogP contribution in [0.5, 0.6) is 5.75 Å². The number of nitrogens with zero attached hydrogens (tertiary/aromatic N) is 2. The third-order valence-corrected chi connectivity index (χ3v) is 4.78. The van der Waals surface area contributed by atoms with E-state index in [4.69, 9.17) is 4.74 Å². The van der Waals surface area contributed by atoms with Gasteiger partial charge in [-0.3, -0.25) is 9.80 Å². The lowest BCUT2D eigenvalue weighted by Crippen LogP contribution is -2.47. The van der Waals surface area contributed by atoms with Crippen LogP contribution < -0.4 is 4.74 Å². The van der Waals surface area contributed by atoms with Gasteiger partial charge in [0.05, 0.1) is 0 Å². The first kappa shape index (κ1) is 22.8. The fraction of sp³-hybridized carbons (Fsp3) is 0.429. The first-order chi connectivity index (χ1) is 11.7. The summed E-state index contributed by atoms with van der Waals surface area (Å²) in [5.41, 5.74) is 3.86. The van der Waals surface area contributed by atoms with Crippen molar-refractivity contribution in [1.82, 2.24) is 9.80 Å². The van der Waals surface area contributed by atoms with Crippen molar-refractivity contribution in [2.45, 2.75) is 20.4 Å². The molecule has 0 spiro atoms. The number of halogens is 2. The smallest absolute Gasteiger partial charge is 0.125 e. The molecule has 144 valence electrons. The fourth-order valence-corrected chi connectivity index (χ4v) is 3.32. The topological polar surface area (TPSA) is 15.7 Å². The lowest BCUT2D eigenvalue weighted by molar-refractivity contribution is 0.112. The average molecular weight is 397 g/mol. The summed E-state index contributed by atoms with van der Waals surface area (Å²) in [4.78, 5) is 5.05. The zero-order valence-electron chi connectivity index (χ0n) is 15.7. The quantitative estimate of drug-likeness (QED) is 0.721. The van der Waals surface area contributed by atoms with Gasteiger partial charge in [0.1, 0.15) is 12.4 Å². The largest absolute Gasteiger partial charge is 0.492 e. The Morgan fingerprint density at radius 1 is 0.769 bits per heavy atom. The molecule has 1 heterocycles. The summed E-state index contributed by atoms with van der Waals surface area (Å²) < 4.78 is 6.04. The zero-order valence-corrected chi connectivity index (χ0v) is 17.3. The van der Waals surface area contributed by atoms with Crippen LogP contribution in [0.15, 0.2) is 48.5 Å². The Bertz CT molecular complexity index is 623. The number of hydrogen-bond acceptors (Lipinski definition) is 3. The maximum Gasteiger partial charge on any atom is 0.125 e. The summed E-state index contributed by atoms with van der Waals surface area (Å²) in [5.74, 6) is 1.06. The van der Waals surface area contributed by atoms with Crippen LogP contribution in [0.3, 0.4) is 0 Å². The Balaban J connectivity index is 0.00000169. The van der Waals surface area contributed by atoms with Crippen LogP contribution in [0.1, 0.15) is 16.7 Å². The maximum atomic E-state index is 6.04. The van der Waals surface area contributed by atoms with Gasteiger partial charge in [0, 0.05) is 39.3 Å². The molecule has 0 bridgehead atoms. The van der Waals surface area contributed by atoms with Crippen molar-refractivity contribution in [2.24, 2.45) is 0 Å². The van der Waals surface area contributed by atoms with E-state index in [9.17, 15) is 0 Å². The van der Waals surface area contributed by atoms with Crippen molar-refractivity contribution in [3.05, 3.63) is 65.2 Å². The van der Waals surface area contributed by atoms with Crippen molar-refractivity contribution in [2.75, 3.05) is 39.3 Å². The molecule has 3 nitrogen and oxygen atoms in total. The van der Waals surface area contributed by atoms with Crippen LogP contribution in [0, 0.1) is 13.8 Å². The van der Waals surface area contributed by atoms with Gasteiger partial charge in [-0.2, -0.15) is 0 Å². The Hall–Kier alpha value is -1.26. The molecule has 1 fully saturated rings. The number of aryl methyl sites for hydroxylation is 2. The molecule has 3 rings (SSSR count). The number of benzene rings is 2. The highest BCUT2D eigenvalue weighted by Crippen LogP contribution is 2.22. The molecule has 0 amide bonds. The van der Waals surface area contributed by atoms with Gasteiger partial charge in [0.25, 0.3) is 0 Å². The minimum absolute atomic E-state index is 0. The Morgan fingerprint density at radius 2 is 1.35 bits per heavy atom. The standard InChI is InChI=1S/C21H28N2O.2ClH/c1-18-7-6-8-19(2)21(18)24-16-15-22-11-13-23(14-12-22)17-20-9-4-3-5-10-20;;/h3-10H,11-17H2,1-2H3;2*1H. The zero-order chi connectivity index (χ0) is 16.8. The molecule has 1 aliphatic rings. The highest BCUT2D eigenvalue weighted by molar-refractivity contribution is 5.85. The second kappa shape index (κ2) is 11.5. The van der Waals surface area contributed by atoms with E-state index >= 15 is 0 Å². The number of piperazine rings is 1. The third-order valence-electron chi connectivity index (χ3n) is 4.78. The highest BCUT2D eigenvalue weighted by Gasteiger charge is 2.16. The minimum atomic E-state index is 0. The summed E-state index contributed by atoms with van der Waals surface area (Å²) in [5, 5.41) is 0.